The van der Waals surface area contributed by atoms with Crippen molar-refractivity contribution in [1.82, 2.24) is 9.78 Å². The number of rotatable bonds is 6. The molecule has 0 amide bonds. The molecule has 0 unspecified atom stereocenters. The lowest BCUT2D eigenvalue weighted by molar-refractivity contribution is 0.581. The van der Waals surface area contributed by atoms with Crippen molar-refractivity contribution in [2.75, 3.05) is 10.6 Å². The molecule has 0 aliphatic heterocycles. The molecule has 0 saturated heterocycles. The average Bonchev–Trinajstić information content (AvgIpc) is 2.85. The fourth-order valence-corrected chi connectivity index (χ4v) is 3.15. The zero-order chi connectivity index (χ0) is 17.0. The van der Waals surface area contributed by atoms with E-state index in [-0.39, 0.29) is 6.54 Å². The van der Waals surface area contributed by atoms with Gasteiger partial charge in [0.1, 0.15) is 0 Å². The Hall–Kier alpha value is -2.33. The normalized spacial score (nSPS) is 11.2. The first-order valence-corrected chi connectivity index (χ1v) is 9.21. The van der Waals surface area contributed by atoms with E-state index < -0.39 is 10.0 Å². The highest BCUT2D eigenvalue weighted by Gasteiger charge is 2.22. The van der Waals surface area contributed by atoms with Crippen LogP contribution in [0.3, 0.4) is 0 Å². The first kappa shape index (κ1) is 17.0. The molecule has 1 aromatic carbocycles. The first-order valence-electron chi connectivity index (χ1n) is 7.37. The lowest BCUT2D eigenvalue weighted by Crippen LogP contribution is -2.30. The third-order valence-electron chi connectivity index (χ3n) is 3.51. The third kappa shape index (κ3) is 3.90. The van der Waals surface area contributed by atoms with E-state index in [1.165, 1.54) is 4.31 Å². The Balaban J connectivity index is 2.43. The van der Waals surface area contributed by atoms with Crippen LogP contribution in [0.4, 0.5) is 5.82 Å². The van der Waals surface area contributed by atoms with Gasteiger partial charge in [-0.3, -0.25) is 4.68 Å². The van der Waals surface area contributed by atoms with Crippen LogP contribution in [0.5, 0.6) is 0 Å². The first-order chi connectivity index (χ1) is 10.9. The molecule has 0 bridgehead atoms. The molecule has 2 rings (SSSR count). The number of nitriles is 1. The van der Waals surface area contributed by atoms with Gasteiger partial charge >= 0.3 is 0 Å². The Morgan fingerprint density at radius 3 is 2.65 bits per heavy atom. The predicted molar refractivity (Wildman–Crippen MR) is 89.4 cm³/mol. The minimum atomic E-state index is -3.51. The highest BCUT2D eigenvalue weighted by Crippen LogP contribution is 2.22. The zero-order valence-electron chi connectivity index (χ0n) is 13.5. The van der Waals surface area contributed by atoms with Crippen molar-refractivity contribution < 1.29 is 8.42 Å². The molecule has 0 aliphatic carbocycles. The van der Waals surface area contributed by atoms with Crippen molar-refractivity contribution in [2.24, 2.45) is 0 Å². The molecule has 0 saturated carbocycles. The number of anilines is 1. The molecule has 0 radical (unpaired) electrons. The van der Waals surface area contributed by atoms with Crippen LogP contribution in [0.2, 0.25) is 0 Å². The molecule has 0 spiro atoms. The molecule has 1 aromatic heterocycles. The topological polar surface area (TPSA) is 79.0 Å². The van der Waals surface area contributed by atoms with E-state index in [1.807, 2.05) is 13.8 Å². The van der Waals surface area contributed by atoms with Crippen LogP contribution in [0.1, 0.15) is 30.2 Å². The molecule has 1 heterocycles. The molecule has 0 aliphatic rings. The van der Waals surface area contributed by atoms with Crippen molar-refractivity contribution in [2.45, 2.75) is 33.4 Å². The summed E-state index contributed by atoms with van der Waals surface area (Å²) in [6.45, 7) is 4.76. The summed E-state index contributed by atoms with van der Waals surface area (Å²) in [6, 6.07) is 10.8. The second-order valence-corrected chi connectivity index (χ2v) is 7.31. The van der Waals surface area contributed by atoms with Crippen LogP contribution in [0.15, 0.2) is 30.3 Å². The fraction of sp³-hybridized carbons (Fsp3) is 0.375. The van der Waals surface area contributed by atoms with Crippen LogP contribution >= 0.6 is 0 Å². The molecule has 23 heavy (non-hydrogen) atoms. The van der Waals surface area contributed by atoms with Gasteiger partial charge in [0.15, 0.2) is 5.82 Å². The van der Waals surface area contributed by atoms with Gasteiger partial charge in [-0.05, 0) is 25.0 Å². The van der Waals surface area contributed by atoms with Crippen LogP contribution in [-0.4, -0.2) is 24.5 Å². The van der Waals surface area contributed by atoms with Gasteiger partial charge < -0.3 is 0 Å². The molecular weight excluding hydrogens is 312 g/mol. The summed E-state index contributed by atoms with van der Waals surface area (Å²) >= 11 is 0. The summed E-state index contributed by atoms with van der Waals surface area (Å²) in [5.74, 6) is 0.381. The van der Waals surface area contributed by atoms with Crippen molar-refractivity contribution >= 4 is 15.8 Å². The Bertz CT molecular complexity index is 834. The molecular formula is C16H20N4O2S. The SMILES string of the molecule is CCCn1nc(N(Cc2ccccc2C#N)S(C)(=O)=O)cc1C. The van der Waals surface area contributed by atoms with Gasteiger partial charge in [0.05, 0.1) is 24.4 Å². The molecule has 2 aromatic rings. The quantitative estimate of drug-likeness (QED) is 0.814. The summed E-state index contributed by atoms with van der Waals surface area (Å²) < 4.78 is 27.4. The maximum absolute atomic E-state index is 12.2. The molecule has 0 N–H and O–H groups in total. The van der Waals surface area contributed by atoms with E-state index in [1.54, 1.807) is 35.0 Å². The molecule has 6 nitrogen and oxygen atoms in total. The summed E-state index contributed by atoms with van der Waals surface area (Å²) in [5, 5.41) is 13.6. The lowest BCUT2D eigenvalue weighted by atomic mass is 10.1. The van der Waals surface area contributed by atoms with Crippen LogP contribution in [0, 0.1) is 18.3 Å². The summed E-state index contributed by atoms with van der Waals surface area (Å²) in [5.41, 5.74) is 2.03. The van der Waals surface area contributed by atoms with Crippen molar-refractivity contribution in [1.29, 1.82) is 5.26 Å². The number of aryl methyl sites for hydroxylation is 2. The number of aromatic nitrogens is 2. The lowest BCUT2D eigenvalue weighted by Gasteiger charge is -2.20. The minimum Gasteiger partial charge on any atom is -0.268 e. The summed E-state index contributed by atoms with van der Waals surface area (Å²) in [4.78, 5) is 0. The van der Waals surface area contributed by atoms with Gasteiger partial charge in [0.25, 0.3) is 0 Å². The van der Waals surface area contributed by atoms with Gasteiger partial charge in [0, 0.05) is 18.3 Å². The Morgan fingerprint density at radius 2 is 2.04 bits per heavy atom. The van der Waals surface area contributed by atoms with E-state index in [4.69, 9.17) is 0 Å². The summed E-state index contributed by atoms with van der Waals surface area (Å²) in [6.07, 6.45) is 2.06. The van der Waals surface area contributed by atoms with E-state index in [9.17, 15) is 13.7 Å². The van der Waals surface area contributed by atoms with Gasteiger partial charge in [-0.15, -0.1) is 0 Å². The van der Waals surface area contributed by atoms with Crippen molar-refractivity contribution in [3.8, 4) is 6.07 Å². The van der Waals surface area contributed by atoms with Crippen molar-refractivity contribution in [3.63, 3.8) is 0 Å². The van der Waals surface area contributed by atoms with Gasteiger partial charge in [-0.2, -0.15) is 10.4 Å². The third-order valence-corrected chi connectivity index (χ3v) is 4.63. The maximum Gasteiger partial charge on any atom is 0.233 e. The smallest absolute Gasteiger partial charge is 0.233 e. The van der Waals surface area contributed by atoms with E-state index in [2.05, 4.69) is 11.2 Å². The van der Waals surface area contributed by atoms with Crippen LogP contribution in [-0.2, 0) is 23.1 Å². The maximum atomic E-state index is 12.2. The second-order valence-electron chi connectivity index (χ2n) is 5.41. The Kier molecular flexibility index (Phi) is 5.06. The fourth-order valence-electron chi connectivity index (χ4n) is 2.34. The minimum absolute atomic E-state index is 0.0884. The van der Waals surface area contributed by atoms with Gasteiger partial charge in [-0.25, -0.2) is 12.7 Å². The van der Waals surface area contributed by atoms with Gasteiger partial charge in [0.2, 0.25) is 10.0 Å². The molecule has 0 fully saturated rings. The number of nitrogens with zero attached hydrogens (tertiary/aromatic N) is 4. The van der Waals surface area contributed by atoms with E-state index in [0.29, 0.717) is 16.9 Å². The molecule has 0 atom stereocenters. The highest BCUT2D eigenvalue weighted by atomic mass is 32.2. The van der Waals surface area contributed by atoms with Crippen LogP contribution in [0.25, 0.3) is 0 Å². The largest absolute Gasteiger partial charge is 0.268 e. The highest BCUT2D eigenvalue weighted by molar-refractivity contribution is 7.92. The average molecular weight is 332 g/mol. The molecule has 122 valence electrons. The van der Waals surface area contributed by atoms with E-state index in [0.717, 1.165) is 24.9 Å². The molecule has 7 heteroatoms. The van der Waals surface area contributed by atoms with Crippen molar-refractivity contribution in [3.05, 3.63) is 47.2 Å². The zero-order valence-corrected chi connectivity index (χ0v) is 14.3. The Morgan fingerprint density at radius 1 is 1.35 bits per heavy atom. The number of hydrogen-bond donors (Lipinski definition) is 0. The second kappa shape index (κ2) is 6.84. The number of benzene rings is 1. The monoisotopic (exact) mass is 332 g/mol. The number of hydrogen-bond acceptors (Lipinski definition) is 4. The number of sulfonamides is 1. The predicted octanol–water partition coefficient (Wildman–Crippen LogP) is 2.44. The van der Waals surface area contributed by atoms with Gasteiger partial charge in [-0.1, -0.05) is 25.1 Å². The Labute approximate surface area is 137 Å². The summed E-state index contributed by atoms with van der Waals surface area (Å²) in [7, 11) is -3.51. The standard InChI is InChI=1S/C16H20N4O2S/c1-4-9-19-13(2)10-16(18-19)20(23(3,21)22)12-15-8-6-5-7-14(15)11-17/h5-8,10H,4,9,12H2,1-3H3. The van der Waals surface area contributed by atoms with E-state index >= 15 is 0 Å². The van der Waals surface area contributed by atoms with Crippen LogP contribution < -0.4 is 4.31 Å².